The topological polar surface area (TPSA) is 69.6 Å². The molecule has 4 heteroatoms. The Bertz CT molecular complexity index is 137. The Kier molecular flexibility index (Phi) is 7.63. The van der Waals surface area contributed by atoms with Gasteiger partial charge >= 0.3 is 5.97 Å². The molecule has 0 spiro atoms. The molecular weight excluding hydrogens is 170 g/mol. The Morgan fingerprint density at radius 2 is 2.00 bits per heavy atom. The monoisotopic (exact) mass is 189 g/mol. The summed E-state index contributed by atoms with van der Waals surface area (Å²) in [6.07, 6.45) is 2.39. The van der Waals surface area contributed by atoms with Crippen LogP contribution in [-0.2, 0) is 4.79 Å². The van der Waals surface area contributed by atoms with Gasteiger partial charge in [0, 0.05) is 6.42 Å². The molecule has 0 radical (unpaired) electrons. The van der Waals surface area contributed by atoms with E-state index in [-0.39, 0.29) is 12.5 Å². The van der Waals surface area contributed by atoms with E-state index in [1.165, 1.54) is 0 Å². The molecule has 0 aliphatic carbocycles. The van der Waals surface area contributed by atoms with Crippen LogP contribution in [0.4, 0.5) is 0 Å². The fourth-order valence-electron chi connectivity index (χ4n) is 1.01. The molecule has 0 amide bonds. The van der Waals surface area contributed by atoms with E-state index in [0.29, 0.717) is 6.42 Å². The summed E-state index contributed by atoms with van der Waals surface area (Å²) in [6.45, 7) is 3.36. The second-order valence-electron chi connectivity index (χ2n) is 3.24. The van der Waals surface area contributed by atoms with Crippen molar-refractivity contribution in [2.45, 2.75) is 38.7 Å². The molecule has 0 saturated heterocycles. The highest BCUT2D eigenvalue weighted by Gasteiger charge is 1.96. The van der Waals surface area contributed by atoms with Crippen LogP contribution in [0.15, 0.2) is 0 Å². The Hall–Kier alpha value is -0.610. The molecule has 4 nitrogen and oxygen atoms in total. The van der Waals surface area contributed by atoms with E-state index in [2.05, 4.69) is 5.32 Å². The first-order valence-corrected chi connectivity index (χ1v) is 4.73. The molecule has 0 heterocycles. The minimum atomic E-state index is -0.745. The van der Waals surface area contributed by atoms with Gasteiger partial charge in [-0.3, -0.25) is 4.79 Å². The van der Waals surface area contributed by atoms with Gasteiger partial charge in [0.25, 0.3) is 0 Å². The van der Waals surface area contributed by atoms with E-state index in [0.717, 1.165) is 25.9 Å². The van der Waals surface area contributed by atoms with E-state index in [1.807, 2.05) is 0 Å². The Morgan fingerprint density at radius 3 is 2.54 bits per heavy atom. The van der Waals surface area contributed by atoms with Crippen molar-refractivity contribution in [1.82, 2.24) is 5.32 Å². The van der Waals surface area contributed by atoms with Crippen molar-refractivity contribution in [2.24, 2.45) is 0 Å². The minimum absolute atomic E-state index is 0.226. The van der Waals surface area contributed by atoms with Crippen molar-refractivity contribution in [1.29, 1.82) is 0 Å². The van der Waals surface area contributed by atoms with E-state index in [4.69, 9.17) is 10.2 Å². The normalized spacial score (nSPS) is 12.8. The highest BCUT2D eigenvalue weighted by atomic mass is 16.4. The molecule has 0 aliphatic rings. The summed E-state index contributed by atoms with van der Waals surface area (Å²) in [7, 11) is 0. The molecule has 1 atom stereocenters. The number of aliphatic carboxylic acids is 1. The third-order valence-electron chi connectivity index (χ3n) is 1.72. The third-order valence-corrected chi connectivity index (χ3v) is 1.72. The lowest BCUT2D eigenvalue weighted by molar-refractivity contribution is -0.137. The SMILES string of the molecule is CC(O)CCCNCCCC(=O)O. The summed E-state index contributed by atoms with van der Waals surface area (Å²) in [5.74, 6) is -0.745. The molecule has 0 aromatic rings. The molecule has 0 bridgehead atoms. The standard InChI is InChI=1S/C9H19NO3/c1-8(11)4-2-6-10-7-3-5-9(12)13/h8,10-11H,2-7H2,1H3,(H,12,13). The lowest BCUT2D eigenvalue weighted by atomic mass is 10.2. The zero-order chi connectivity index (χ0) is 10.1. The van der Waals surface area contributed by atoms with Crippen molar-refractivity contribution in [2.75, 3.05) is 13.1 Å². The Morgan fingerprint density at radius 1 is 1.38 bits per heavy atom. The molecule has 78 valence electrons. The van der Waals surface area contributed by atoms with Crippen LogP contribution in [0.3, 0.4) is 0 Å². The molecule has 0 rings (SSSR count). The first-order valence-electron chi connectivity index (χ1n) is 4.73. The maximum atomic E-state index is 10.1. The smallest absolute Gasteiger partial charge is 0.303 e. The van der Waals surface area contributed by atoms with Crippen LogP contribution in [0.5, 0.6) is 0 Å². The second-order valence-corrected chi connectivity index (χ2v) is 3.24. The quantitative estimate of drug-likeness (QED) is 0.489. The van der Waals surface area contributed by atoms with Crippen LogP contribution in [0.2, 0.25) is 0 Å². The summed E-state index contributed by atoms with van der Waals surface area (Å²) in [5.41, 5.74) is 0. The van der Waals surface area contributed by atoms with Crippen molar-refractivity contribution in [3.63, 3.8) is 0 Å². The predicted octanol–water partition coefficient (Wildman–Crippen LogP) is 0.602. The lowest BCUT2D eigenvalue weighted by Gasteiger charge is -2.04. The van der Waals surface area contributed by atoms with Gasteiger partial charge in [0.2, 0.25) is 0 Å². The van der Waals surface area contributed by atoms with Gasteiger partial charge in [-0.25, -0.2) is 0 Å². The molecule has 0 aromatic carbocycles. The van der Waals surface area contributed by atoms with Gasteiger partial charge in [-0.05, 0) is 39.3 Å². The first kappa shape index (κ1) is 12.4. The summed E-state index contributed by atoms with van der Waals surface area (Å²) in [4.78, 5) is 10.1. The van der Waals surface area contributed by atoms with Crippen molar-refractivity contribution in [3.05, 3.63) is 0 Å². The highest BCUT2D eigenvalue weighted by molar-refractivity contribution is 5.66. The number of hydrogen-bond donors (Lipinski definition) is 3. The zero-order valence-corrected chi connectivity index (χ0v) is 8.12. The van der Waals surface area contributed by atoms with Crippen LogP contribution in [-0.4, -0.2) is 35.4 Å². The first-order chi connectivity index (χ1) is 6.13. The van der Waals surface area contributed by atoms with Gasteiger partial charge in [0.1, 0.15) is 0 Å². The number of aliphatic hydroxyl groups excluding tert-OH is 1. The van der Waals surface area contributed by atoms with Crippen molar-refractivity contribution in [3.8, 4) is 0 Å². The molecular formula is C9H19NO3. The number of carboxylic acids is 1. The number of nitrogens with one attached hydrogen (secondary N) is 1. The van der Waals surface area contributed by atoms with Gasteiger partial charge in [-0.15, -0.1) is 0 Å². The number of rotatable bonds is 8. The average molecular weight is 189 g/mol. The average Bonchev–Trinajstić information content (AvgIpc) is 2.01. The van der Waals surface area contributed by atoms with Crippen LogP contribution in [0.1, 0.15) is 32.6 Å². The lowest BCUT2D eigenvalue weighted by Crippen LogP contribution is -2.18. The molecule has 0 aliphatic heterocycles. The van der Waals surface area contributed by atoms with Crippen LogP contribution >= 0.6 is 0 Å². The molecule has 3 N–H and O–H groups in total. The Balaban J connectivity index is 2.96. The Labute approximate surface area is 79.0 Å². The largest absolute Gasteiger partial charge is 0.481 e. The van der Waals surface area contributed by atoms with Gasteiger partial charge < -0.3 is 15.5 Å². The van der Waals surface area contributed by atoms with Crippen LogP contribution < -0.4 is 5.32 Å². The minimum Gasteiger partial charge on any atom is -0.481 e. The summed E-state index contributed by atoms with van der Waals surface area (Å²) in [5, 5.41) is 20.4. The molecule has 1 unspecified atom stereocenters. The fraction of sp³-hybridized carbons (Fsp3) is 0.889. The summed E-state index contributed by atoms with van der Waals surface area (Å²) >= 11 is 0. The molecule has 13 heavy (non-hydrogen) atoms. The van der Waals surface area contributed by atoms with E-state index >= 15 is 0 Å². The maximum absolute atomic E-state index is 10.1. The molecule has 0 aromatic heterocycles. The number of hydrogen-bond acceptors (Lipinski definition) is 3. The van der Waals surface area contributed by atoms with E-state index < -0.39 is 5.97 Å². The third kappa shape index (κ3) is 11.4. The van der Waals surface area contributed by atoms with Crippen LogP contribution in [0, 0.1) is 0 Å². The highest BCUT2D eigenvalue weighted by Crippen LogP contribution is 1.93. The van der Waals surface area contributed by atoms with Crippen molar-refractivity contribution >= 4 is 5.97 Å². The number of aliphatic hydroxyl groups is 1. The zero-order valence-electron chi connectivity index (χ0n) is 8.12. The van der Waals surface area contributed by atoms with Crippen molar-refractivity contribution < 1.29 is 15.0 Å². The molecule has 0 saturated carbocycles. The van der Waals surface area contributed by atoms with Gasteiger partial charge in [0.15, 0.2) is 0 Å². The van der Waals surface area contributed by atoms with Gasteiger partial charge in [-0.1, -0.05) is 0 Å². The maximum Gasteiger partial charge on any atom is 0.303 e. The van der Waals surface area contributed by atoms with E-state index in [9.17, 15) is 4.79 Å². The number of carbonyl (C=O) groups is 1. The molecule has 0 fully saturated rings. The van der Waals surface area contributed by atoms with E-state index in [1.54, 1.807) is 6.92 Å². The van der Waals surface area contributed by atoms with Gasteiger partial charge in [0.05, 0.1) is 6.10 Å². The van der Waals surface area contributed by atoms with Crippen LogP contribution in [0.25, 0.3) is 0 Å². The predicted molar refractivity (Wildman–Crippen MR) is 50.7 cm³/mol. The summed E-state index contributed by atoms with van der Waals surface area (Å²) in [6, 6.07) is 0. The second kappa shape index (κ2) is 8.01. The summed E-state index contributed by atoms with van der Waals surface area (Å²) < 4.78 is 0. The fourth-order valence-corrected chi connectivity index (χ4v) is 1.01. The van der Waals surface area contributed by atoms with Gasteiger partial charge in [-0.2, -0.15) is 0 Å². The number of carboxylic acid groups (broad SMARTS) is 1.